The Hall–Kier alpha value is -1.66. The van der Waals surface area contributed by atoms with Crippen molar-refractivity contribution in [2.75, 3.05) is 0 Å². The van der Waals surface area contributed by atoms with Gasteiger partial charge >= 0.3 is 0 Å². The summed E-state index contributed by atoms with van der Waals surface area (Å²) in [6, 6.07) is 8.04. The first-order valence-electron chi connectivity index (χ1n) is 6.90. The summed E-state index contributed by atoms with van der Waals surface area (Å²) in [7, 11) is 1.94. The highest BCUT2D eigenvalue weighted by molar-refractivity contribution is 9.10. The Bertz CT molecular complexity index is 787. The van der Waals surface area contributed by atoms with Crippen LogP contribution in [0, 0.1) is 0 Å². The molecule has 3 aromatic rings. The van der Waals surface area contributed by atoms with Crippen molar-refractivity contribution in [2.45, 2.75) is 25.9 Å². The van der Waals surface area contributed by atoms with Crippen LogP contribution in [0.1, 0.15) is 37.3 Å². The maximum Gasteiger partial charge on any atom is 0.0933 e. The van der Waals surface area contributed by atoms with Crippen LogP contribution in [0.5, 0.6) is 0 Å². The fourth-order valence-corrected chi connectivity index (χ4v) is 3.17. The third-order valence-electron chi connectivity index (χ3n) is 3.65. The van der Waals surface area contributed by atoms with Crippen LogP contribution in [0.25, 0.3) is 10.9 Å². The second-order valence-electron chi connectivity index (χ2n) is 5.42. The Balaban J connectivity index is 2.17. The third-order valence-corrected chi connectivity index (χ3v) is 4.26. The zero-order chi connectivity index (χ0) is 15.1. The predicted octanol–water partition coefficient (Wildman–Crippen LogP) is 3.16. The third kappa shape index (κ3) is 2.28. The highest BCUT2D eigenvalue weighted by atomic mass is 79.9. The maximum absolute atomic E-state index is 6.51. The second kappa shape index (κ2) is 5.27. The first-order chi connectivity index (χ1) is 10.0. The quantitative estimate of drug-likeness (QED) is 0.791. The number of hydrogen-bond acceptors (Lipinski definition) is 3. The number of aryl methyl sites for hydroxylation is 1. The Labute approximate surface area is 131 Å². The molecule has 1 aromatic carbocycles. The lowest BCUT2D eigenvalue weighted by Gasteiger charge is -2.16. The number of nitrogens with zero attached hydrogens (tertiary/aromatic N) is 4. The molecule has 0 spiro atoms. The van der Waals surface area contributed by atoms with Gasteiger partial charge in [-0.2, -0.15) is 10.2 Å². The molecule has 0 aliphatic heterocycles. The molecule has 0 aliphatic rings. The minimum atomic E-state index is -0.324. The highest BCUT2D eigenvalue weighted by Crippen LogP contribution is 2.31. The standard InChI is InChI=1S/C15H18BrN5/c1-9(2)21-15(11(16)8-18-21)13(17)14-10-6-4-5-7-12(10)20(3)19-14/h4-9,13H,17H2,1-3H3. The molecule has 0 saturated heterocycles. The molecule has 5 nitrogen and oxygen atoms in total. The first kappa shape index (κ1) is 14.3. The molecule has 2 heterocycles. The average Bonchev–Trinajstić information content (AvgIpc) is 3.00. The first-order valence-corrected chi connectivity index (χ1v) is 7.70. The lowest BCUT2D eigenvalue weighted by atomic mass is 10.1. The zero-order valence-corrected chi connectivity index (χ0v) is 13.9. The summed E-state index contributed by atoms with van der Waals surface area (Å²) in [6.07, 6.45) is 1.79. The van der Waals surface area contributed by atoms with Gasteiger partial charge in [0.1, 0.15) is 0 Å². The van der Waals surface area contributed by atoms with Crippen LogP contribution in [0.4, 0.5) is 0 Å². The molecule has 0 fully saturated rings. The van der Waals surface area contributed by atoms with Crippen LogP contribution in [0.3, 0.4) is 0 Å². The van der Waals surface area contributed by atoms with Gasteiger partial charge in [-0.3, -0.25) is 9.36 Å². The molecule has 0 aliphatic carbocycles. The number of rotatable bonds is 3. The van der Waals surface area contributed by atoms with Gasteiger partial charge in [0, 0.05) is 18.5 Å². The highest BCUT2D eigenvalue weighted by Gasteiger charge is 2.24. The number of para-hydroxylation sites is 1. The number of halogens is 1. The lowest BCUT2D eigenvalue weighted by Crippen LogP contribution is -2.20. The van der Waals surface area contributed by atoms with Crippen LogP contribution in [0.2, 0.25) is 0 Å². The monoisotopic (exact) mass is 347 g/mol. The number of hydrogen-bond donors (Lipinski definition) is 1. The molecule has 110 valence electrons. The van der Waals surface area contributed by atoms with Crippen molar-refractivity contribution in [2.24, 2.45) is 12.8 Å². The van der Waals surface area contributed by atoms with E-state index in [4.69, 9.17) is 5.73 Å². The van der Waals surface area contributed by atoms with Crippen LogP contribution in [-0.2, 0) is 7.05 Å². The molecule has 0 saturated carbocycles. The van der Waals surface area contributed by atoms with Crippen LogP contribution in [0.15, 0.2) is 34.9 Å². The molecule has 2 aromatic heterocycles. The molecule has 3 rings (SSSR count). The molecule has 0 bridgehead atoms. The van der Waals surface area contributed by atoms with E-state index < -0.39 is 0 Å². The maximum atomic E-state index is 6.51. The minimum absolute atomic E-state index is 0.243. The van der Waals surface area contributed by atoms with Crippen molar-refractivity contribution in [1.29, 1.82) is 0 Å². The Kier molecular flexibility index (Phi) is 3.59. The lowest BCUT2D eigenvalue weighted by molar-refractivity contribution is 0.496. The number of aromatic nitrogens is 4. The second-order valence-corrected chi connectivity index (χ2v) is 6.27. The molecule has 2 N–H and O–H groups in total. The number of nitrogens with two attached hydrogens (primary N) is 1. The summed E-state index contributed by atoms with van der Waals surface area (Å²) in [5.41, 5.74) is 9.42. The van der Waals surface area contributed by atoms with Gasteiger partial charge < -0.3 is 5.73 Å². The van der Waals surface area contributed by atoms with Gasteiger partial charge in [-0.25, -0.2) is 0 Å². The normalized spacial score (nSPS) is 13.2. The van der Waals surface area contributed by atoms with E-state index in [-0.39, 0.29) is 12.1 Å². The summed E-state index contributed by atoms with van der Waals surface area (Å²) in [5.74, 6) is 0. The van der Waals surface area contributed by atoms with Gasteiger partial charge in [-0.15, -0.1) is 0 Å². The van der Waals surface area contributed by atoms with E-state index in [9.17, 15) is 0 Å². The smallest absolute Gasteiger partial charge is 0.0933 e. The molecule has 6 heteroatoms. The van der Waals surface area contributed by atoms with E-state index in [2.05, 4.69) is 46.0 Å². The molecule has 0 amide bonds. The minimum Gasteiger partial charge on any atom is -0.318 e. The molecule has 1 unspecified atom stereocenters. The Morgan fingerprint density at radius 1 is 1.24 bits per heavy atom. The topological polar surface area (TPSA) is 61.7 Å². The molecular formula is C15H18BrN5. The number of benzene rings is 1. The fraction of sp³-hybridized carbons (Fsp3) is 0.333. The van der Waals surface area contributed by atoms with Crippen molar-refractivity contribution in [1.82, 2.24) is 19.6 Å². The van der Waals surface area contributed by atoms with E-state index in [0.717, 1.165) is 26.8 Å². The molecule has 1 atom stereocenters. The molecular weight excluding hydrogens is 330 g/mol. The summed E-state index contributed by atoms with van der Waals surface area (Å²) in [5, 5.41) is 10.1. The Morgan fingerprint density at radius 2 is 1.95 bits per heavy atom. The summed E-state index contributed by atoms with van der Waals surface area (Å²) in [4.78, 5) is 0. The van der Waals surface area contributed by atoms with Crippen molar-refractivity contribution in [3.05, 3.63) is 46.3 Å². The predicted molar refractivity (Wildman–Crippen MR) is 87.1 cm³/mol. The Morgan fingerprint density at radius 3 is 2.67 bits per heavy atom. The van der Waals surface area contributed by atoms with E-state index >= 15 is 0 Å². The van der Waals surface area contributed by atoms with E-state index in [1.165, 1.54) is 0 Å². The van der Waals surface area contributed by atoms with Crippen molar-refractivity contribution < 1.29 is 0 Å². The zero-order valence-electron chi connectivity index (χ0n) is 12.3. The van der Waals surface area contributed by atoms with E-state index in [1.807, 2.05) is 34.6 Å². The van der Waals surface area contributed by atoms with Gasteiger partial charge in [0.15, 0.2) is 0 Å². The van der Waals surface area contributed by atoms with E-state index in [0.29, 0.717) is 0 Å². The van der Waals surface area contributed by atoms with E-state index in [1.54, 1.807) is 6.20 Å². The summed E-state index contributed by atoms with van der Waals surface area (Å²) in [6.45, 7) is 4.18. The van der Waals surface area contributed by atoms with Crippen LogP contribution in [-0.4, -0.2) is 19.6 Å². The van der Waals surface area contributed by atoms with Gasteiger partial charge in [0.05, 0.1) is 33.6 Å². The SMILES string of the molecule is CC(C)n1ncc(Br)c1C(N)c1nn(C)c2ccccc12. The van der Waals surface area contributed by atoms with Crippen molar-refractivity contribution in [3.8, 4) is 0 Å². The van der Waals surface area contributed by atoms with Crippen molar-refractivity contribution in [3.63, 3.8) is 0 Å². The van der Waals surface area contributed by atoms with Gasteiger partial charge in [-0.1, -0.05) is 18.2 Å². The molecule has 0 radical (unpaired) electrons. The average molecular weight is 348 g/mol. The summed E-state index contributed by atoms with van der Waals surface area (Å²) >= 11 is 3.56. The van der Waals surface area contributed by atoms with Crippen LogP contribution < -0.4 is 5.73 Å². The van der Waals surface area contributed by atoms with Gasteiger partial charge in [0.25, 0.3) is 0 Å². The molecule has 21 heavy (non-hydrogen) atoms. The fourth-order valence-electron chi connectivity index (χ4n) is 2.65. The van der Waals surface area contributed by atoms with Crippen molar-refractivity contribution >= 4 is 26.8 Å². The largest absolute Gasteiger partial charge is 0.318 e. The van der Waals surface area contributed by atoms with Gasteiger partial charge in [0.2, 0.25) is 0 Å². The number of fused-ring (bicyclic) bond motifs is 1. The van der Waals surface area contributed by atoms with Gasteiger partial charge in [-0.05, 0) is 35.8 Å². The summed E-state index contributed by atoms with van der Waals surface area (Å²) < 4.78 is 4.73. The van der Waals surface area contributed by atoms with Crippen LogP contribution >= 0.6 is 15.9 Å².